The predicted octanol–water partition coefficient (Wildman–Crippen LogP) is 2.50. The highest BCUT2D eigenvalue weighted by Gasteiger charge is 2.29. The van der Waals surface area contributed by atoms with E-state index >= 15 is 0 Å². The summed E-state index contributed by atoms with van der Waals surface area (Å²) >= 11 is 0. The summed E-state index contributed by atoms with van der Waals surface area (Å²) < 4.78 is 15.8. The van der Waals surface area contributed by atoms with Crippen LogP contribution < -0.4 is 9.47 Å². The van der Waals surface area contributed by atoms with Crippen molar-refractivity contribution in [3.05, 3.63) is 23.3 Å². The number of ether oxygens (including phenoxy) is 3. The molecule has 0 aromatic heterocycles. The second-order valence-corrected chi connectivity index (χ2v) is 5.27. The molecule has 0 atom stereocenters. The van der Waals surface area contributed by atoms with E-state index in [0.29, 0.717) is 24.5 Å². The highest BCUT2D eigenvalue weighted by atomic mass is 16.5. The van der Waals surface area contributed by atoms with Crippen molar-refractivity contribution in [3.63, 3.8) is 0 Å². The van der Waals surface area contributed by atoms with Crippen molar-refractivity contribution < 1.29 is 24.1 Å². The molecule has 0 bridgehead atoms. The van der Waals surface area contributed by atoms with Crippen LogP contribution in [0.25, 0.3) is 0 Å². The van der Waals surface area contributed by atoms with Gasteiger partial charge >= 0.3 is 5.97 Å². The average Bonchev–Trinajstić information content (AvgIpc) is 2.39. The molecule has 0 amide bonds. The van der Waals surface area contributed by atoms with Crippen molar-refractivity contribution in [2.24, 2.45) is 5.41 Å². The third-order valence-electron chi connectivity index (χ3n) is 3.19. The molecule has 0 aliphatic rings. The molecule has 0 aliphatic heterocycles. The van der Waals surface area contributed by atoms with Gasteiger partial charge in [-0.25, -0.2) is 0 Å². The second kappa shape index (κ2) is 6.61. The third-order valence-corrected chi connectivity index (χ3v) is 3.19. The summed E-state index contributed by atoms with van der Waals surface area (Å²) in [6.07, 6.45) is 0.367. The van der Waals surface area contributed by atoms with E-state index in [-0.39, 0.29) is 0 Å². The monoisotopic (exact) mass is 282 g/mol. The van der Waals surface area contributed by atoms with Crippen molar-refractivity contribution >= 4 is 5.97 Å². The molecular formula is C15H22O5. The molecule has 0 saturated carbocycles. The van der Waals surface area contributed by atoms with Crippen molar-refractivity contribution in [3.8, 4) is 11.5 Å². The zero-order valence-electron chi connectivity index (χ0n) is 12.6. The van der Waals surface area contributed by atoms with Crippen LogP contribution in [0.15, 0.2) is 12.1 Å². The largest absolute Gasteiger partial charge is 0.496 e. The Morgan fingerprint density at radius 3 is 2.10 bits per heavy atom. The number of hydrogen-bond donors (Lipinski definition) is 1. The van der Waals surface area contributed by atoms with E-state index in [9.17, 15) is 9.90 Å². The molecule has 0 heterocycles. The fraction of sp³-hybridized carbons (Fsp3) is 0.533. The molecule has 0 fully saturated rings. The minimum absolute atomic E-state index is 0.367. The molecule has 1 aromatic rings. The molecule has 0 unspecified atom stereocenters. The number of carbonyl (C=O) groups is 1. The first kappa shape index (κ1) is 16.3. The van der Waals surface area contributed by atoms with Crippen molar-refractivity contribution in [2.45, 2.75) is 26.9 Å². The molecule has 0 saturated heterocycles. The van der Waals surface area contributed by atoms with Crippen LogP contribution in [-0.4, -0.2) is 32.4 Å². The Morgan fingerprint density at radius 1 is 1.10 bits per heavy atom. The van der Waals surface area contributed by atoms with Gasteiger partial charge in [0.2, 0.25) is 0 Å². The Morgan fingerprint density at radius 2 is 1.65 bits per heavy atom. The maximum absolute atomic E-state index is 11.3. The van der Waals surface area contributed by atoms with Crippen molar-refractivity contribution in [1.82, 2.24) is 0 Å². The van der Waals surface area contributed by atoms with Crippen LogP contribution in [-0.2, 0) is 22.6 Å². The predicted molar refractivity (Wildman–Crippen MR) is 75.4 cm³/mol. The Balaban J connectivity index is 3.23. The summed E-state index contributed by atoms with van der Waals surface area (Å²) in [6, 6.07) is 3.65. The number of hydrogen-bond acceptors (Lipinski definition) is 4. The first-order valence-electron chi connectivity index (χ1n) is 6.31. The van der Waals surface area contributed by atoms with Crippen LogP contribution in [0.2, 0.25) is 0 Å². The van der Waals surface area contributed by atoms with Gasteiger partial charge in [0.25, 0.3) is 0 Å². The molecule has 5 heteroatoms. The van der Waals surface area contributed by atoms with Crippen LogP contribution in [0.1, 0.15) is 25.0 Å². The van der Waals surface area contributed by atoms with Crippen molar-refractivity contribution in [1.29, 1.82) is 0 Å². The lowest BCUT2D eigenvalue weighted by molar-refractivity contribution is -0.146. The van der Waals surface area contributed by atoms with Crippen LogP contribution >= 0.6 is 0 Å². The maximum Gasteiger partial charge on any atom is 0.309 e. The van der Waals surface area contributed by atoms with Gasteiger partial charge in [0.1, 0.15) is 11.5 Å². The molecule has 0 spiro atoms. The Hall–Kier alpha value is -1.75. The van der Waals surface area contributed by atoms with Gasteiger partial charge in [-0.1, -0.05) is 0 Å². The van der Waals surface area contributed by atoms with Crippen LogP contribution in [0.5, 0.6) is 11.5 Å². The quantitative estimate of drug-likeness (QED) is 0.832. The molecule has 20 heavy (non-hydrogen) atoms. The summed E-state index contributed by atoms with van der Waals surface area (Å²) in [6.45, 7) is 3.78. The van der Waals surface area contributed by atoms with E-state index in [1.54, 1.807) is 41.2 Å². The van der Waals surface area contributed by atoms with Gasteiger partial charge < -0.3 is 19.3 Å². The van der Waals surface area contributed by atoms with E-state index in [4.69, 9.17) is 14.2 Å². The number of carboxylic acid groups (broad SMARTS) is 1. The average molecular weight is 282 g/mol. The Kier molecular flexibility index (Phi) is 5.39. The first-order chi connectivity index (χ1) is 9.35. The number of rotatable bonds is 7. The van der Waals surface area contributed by atoms with E-state index < -0.39 is 11.4 Å². The number of aliphatic carboxylic acids is 1. The molecule has 5 nitrogen and oxygen atoms in total. The molecule has 1 aromatic carbocycles. The maximum atomic E-state index is 11.3. The second-order valence-electron chi connectivity index (χ2n) is 5.27. The fourth-order valence-electron chi connectivity index (χ4n) is 2.00. The summed E-state index contributed by atoms with van der Waals surface area (Å²) in [5, 5.41) is 9.25. The van der Waals surface area contributed by atoms with E-state index in [2.05, 4.69) is 0 Å². The number of methoxy groups -OCH3 is 3. The molecule has 1 N–H and O–H groups in total. The Labute approximate surface area is 119 Å². The molecule has 0 aliphatic carbocycles. The topological polar surface area (TPSA) is 65.0 Å². The molecular weight excluding hydrogens is 260 g/mol. The van der Waals surface area contributed by atoms with Crippen LogP contribution in [0.4, 0.5) is 0 Å². The van der Waals surface area contributed by atoms with Gasteiger partial charge in [-0.15, -0.1) is 0 Å². The molecule has 1 rings (SSSR count). The number of benzene rings is 1. The highest BCUT2D eigenvalue weighted by Crippen LogP contribution is 2.34. The summed E-state index contributed by atoms with van der Waals surface area (Å²) in [7, 11) is 4.74. The van der Waals surface area contributed by atoms with Crippen LogP contribution in [0, 0.1) is 5.41 Å². The fourth-order valence-corrected chi connectivity index (χ4v) is 2.00. The minimum atomic E-state index is -0.869. The Bertz CT molecular complexity index is 479. The summed E-state index contributed by atoms with van der Waals surface area (Å²) in [5.41, 5.74) is 0.825. The highest BCUT2D eigenvalue weighted by molar-refractivity contribution is 5.74. The van der Waals surface area contributed by atoms with Gasteiger partial charge in [-0.3, -0.25) is 4.79 Å². The SMILES string of the molecule is COCc1cc(CC(C)(C)C(=O)O)c(OC)cc1OC. The van der Waals surface area contributed by atoms with E-state index in [1.807, 2.05) is 6.07 Å². The normalized spacial score (nSPS) is 11.2. The van der Waals surface area contributed by atoms with Crippen molar-refractivity contribution in [2.75, 3.05) is 21.3 Å². The van der Waals surface area contributed by atoms with E-state index in [0.717, 1.165) is 11.1 Å². The summed E-state index contributed by atoms with van der Waals surface area (Å²) in [5.74, 6) is 0.445. The minimum Gasteiger partial charge on any atom is -0.496 e. The van der Waals surface area contributed by atoms with Gasteiger partial charge in [-0.2, -0.15) is 0 Å². The van der Waals surface area contributed by atoms with Gasteiger partial charge in [0.05, 0.1) is 26.2 Å². The zero-order chi connectivity index (χ0) is 15.3. The standard InChI is InChI=1S/C15H22O5/c1-15(2,14(16)17)8-10-6-11(9-18-3)13(20-5)7-12(10)19-4/h6-7H,8-9H2,1-5H3,(H,16,17). The molecule has 112 valence electrons. The van der Waals surface area contributed by atoms with E-state index in [1.165, 1.54) is 0 Å². The van der Waals surface area contributed by atoms with Gasteiger partial charge in [0.15, 0.2) is 0 Å². The zero-order valence-corrected chi connectivity index (χ0v) is 12.6. The smallest absolute Gasteiger partial charge is 0.309 e. The lowest BCUT2D eigenvalue weighted by Crippen LogP contribution is -2.26. The first-order valence-corrected chi connectivity index (χ1v) is 6.31. The number of carboxylic acids is 1. The molecule has 0 radical (unpaired) electrons. The summed E-state index contributed by atoms with van der Waals surface area (Å²) in [4.78, 5) is 11.3. The lowest BCUT2D eigenvalue weighted by atomic mass is 9.85. The van der Waals surface area contributed by atoms with Crippen LogP contribution in [0.3, 0.4) is 0 Å². The van der Waals surface area contributed by atoms with Gasteiger partial charge in [0, 0.05) is 18.7 Å². The van der Waals surface area contributed by atoms with Gasteiger partial charge in [-0.05, 0) is 31.9 Å². The third kappa shape index (κ3) is 3.63. The lowest BCUT2D eigenvalue weighted by Gasteiger charge is -2.22.